The average Bonchev–Trinajstić information content (AvgIpc) is 3.43. The molecule has 1 amide bonds. The summed E-state index contributed by atoms with van der Waals surface area (Å²) in [7, 11) is 0. The maximum Gasteiger partial charge on any atom is 0.336 e. The standard InChI is InChI=1S/C23H21FN4O3/c1-15(2)14-31-23-26-21(16-5-3-6-17(24)13-16)28(27-23)19-10-8-18(9-11-19)25-22(29)20-7-4-12-30-20/h3-13,15H,14H2,1-2H3,(H,25,29). The van der Waals surface area contributed by atoms with Gasteiger partial charge in [0.25, 0.3) is 5.91 Å². The van der Waals surface area contributed by atoms with Crippen LogP contribution in [0.1, 0.15) is 24.4 Å². The highest BCUT2D eigenvalue weighted by Crippen LogP contribution is 2.25. The number of carbonyl (C=O) groups excluding carboxylic acids is 1. The van der Waals surface area contributed by atoms with E-state index in [4.69, 9.17) is 9.15 Å². The molecule has 31 heavy (non-hydrogen) atoms. The fraction of sp³-hybridized carbons (Fsp3) is 0.174. The Bertz CT molecular complexity index is 1170. The van der Waals surface area contributed by atoms with Gasteiger partial charge in [-0.15, -0.1) is 5.10 Å². The number of rotatable bonds is 7. The zero-order valence-electron chi connectivity index (χ0n) is 17.1. The van der Waals surface area contributed by atoms with E-state index in [0.29, 0.717) is 35.3 Å². The Kier molecular flexibility index (Phi) is 5.79. The molecule has 0 spiro atoms. The second-order valence-corrected chi connectivity index (χ2v) is 7.32. The van der Waals surface area contributed by atoms with E-state index in [1.54, 1.807) is 53.2 Å². The Morgan fingerprint density at radius 2 is 1.97 bits per heavy atom. The molecule has 158 valence electrons. The van der Waals surface area contributed by atoms with E-state index in [-0.39, 0.29) is 23.5 Å². The summed E-state index contributed by atoms with van der Waals surface area (Å²) >= 11 is 0. The van der Waals surface area contributed by atoms with Crippen LogP contribution < -0.4 is 10.1 Å². The Hall–Kier alpha value is -3.94. The molecule has 0 aliphatic heterocycles. The van der Waals surface area contributed by atoms with Crippen LogP contribution in [0.2, 0.25) is 0 Å². The predicted molar refractivity (Wildman–Crippen MR) is 114 cm³/mol. The van der Waals surface area contributed by atoms with E-state index >= 15 is 0 Å². The highest BCUT2D eigenvalue weighted by Gasteiger charge is 2.16. The molecule has 1 N–H and O–H groups in total. The predicted octanol–water partition coefficient (Wildman–Crippen LogP) is 4.95. The number of amides is 1. The highest BCUT2D eigenvalue weighted by atomic mass is 19.1. The molecule has 0 saturated heterocycles. The van der Waals surface area contributed by atoms with Crippen molar-refractivity contribution in [2.75, 3.05) is 11.9 Å². The minimum Gasteiger partial charge on any atom is -0.462 e. The third-order valence-corrected chi connectivity index (χ3v) is 4.33. The highest BCUT2D eigenvalue weighted by molar-refractivity contribution is 6.02. The lowest BCUT2D eigenvalue weighted by Gasteiger charge is -2.08. The van der Waals surface area contributed by atoms with Gasteiger partial charge in [0.15, 0.2) is 11.6 Å². The first-order valence-electron chi connectivity index (χ1n) is 9.80. The van der Waals surface area contributed by atoms with E-state index < -0.39 is 0 Å². The minimum absolute atomic E-state index is 0.211. The van der Waals surface area contributed by atoms with Crippen molar-refractivity contribution in [2.45, 2.75) is 13.8 Å². The van der Waals surface area contributed by atoms with E-state index in [0.717, 1.165) is 0 Å². The second-order valence-electron chi connectivity index (χ2n) is 7.32. The topological polar surface area (TPSA) is 82.2 Å². The zero-order valence-corrected chi connectivity index (χ0v) is 17.1. The Morgan fingerprint density at radius 3 is 2.65 bits per heavy atom. The number of aromatic nitrogens is 3. The fourth-order valence-corrected chi connectivity index (χ4v) is 2.88. The Morgan fingerprint density at radius 1 is 1.16 bits per heavy atom. The summed E-state index contributed by atoms with van der Waals surface area (Å²) < 4.78 is 26.2. The first kappa shape index (κ1) is 20.3. The first-order valence-corrected chi connectivity index (χ1v) is 9.80. The van der Waals surface area contributed by atoms with Gasteiger partial charge in [0, 0.05) is 11.3 Å². The number of benzene rings is 2. The quantitative estimate of drug-likeness (QED) is 0.457. The lowest BCUT2D eigenvalue weighted by atomic mass is 10.2. The van der Waals surface area contributed by atoms with Crippen molar-refractivity contribution in [2.24, 2.45) is 5.92 Å². The summed E-state index contributed by atoms with van der Waals surface area (Å²) in [6, 6.07) is 16.6. The molecule has 0 atom stereocenters. The lowest BCUT2D eigenvalue weighted by molar-refractivity contribution is 0.0996. The van der Waals surface area contributed by atoms with Gasteiger partial charge in [-0.3, -0.25) is 4.79 Å². The molecular formula is C23H21FN4O3. The number of halogens is 1. The van der Waals surface area contributed by atoms with Crippen LogP contribution in [-0.4, -0.2) is 27.3 Å². The van der Waals surface area contributed by atoms with Crippen molar-refractivity contribution in [3.8, 4) is 23.1 Å². The van der Waals surface area contributed by atoms with Gasteiger partial charge in [-0.1, -0.05) is 26.0 Å². The number of hydrogen-bond acceptors (Lipinski definition) is 5. The third kappa shape index (κ3) is 4.80. The van der Waals surface area contributed by atoms with Crippen molar-refractivity contribution in [3.05, 3.63) is 78.5 Å². The third-order valence-electron chi connectivity index (χ3n) is 4.33. The molecule has 0 saturated carbocycles. The average molecular weight is 420 g/mol. The molecule has 0 aliphatic carbocycles. The zero-order chi connectivity index (χ0) is 21.8. The van der Waals surface area contributed by atoms with Gasteiger partial charge in [-0.05, 0) is 54.4 Å². The molecule has 2 aromatic heterocycles. The van der Waals surface area contributed by atoms with Crippen molar-refractivity contribution in [1.29, 1.82) is 0 Å². The van der Waals surface area contributed by atoms with E-state index in [1.165, 1.54) is 18.4 Å². The normalized spacial score (nSPS) is 11.0. The molecule has 0 unspecified atom stereocenters. The van der Waals surface area contributed by atoms with Crippen LogP contribution in [0.3, 0.4) is 0 Å². The molecule has 4 aromatic rings. The summed E-state index contributed by atoms with van der Waals surface area (Å²) in [5.41, 5.74) is 1.85. The molecule has 7 nitrogen and oxygen atoms in total. The van der Waals surface area contributed by atoms with Crippen molar-refractivity contribution in [1.82, 2.24) is 14.8 Å². The number of anilines is 1. The van der Waals surface area contributed by atoms with Gasteiger partial charge in [0.2, 0.25) is 0 Å². The van der Waals surface area contributed by atoms with E-state index in [1.807, 2.05) is 13.8 Å². The summed E-state index contributed by atoms with van der Waals surface area (Å²) in [4.78, 5) is 16.6. The van der Waals surface area contributed by atoms with Crippen molar-refractivity contribution in [3.63, 3.8) is 0 Å². The Balaban J connectivity index is 1.63. The van der Waals surface area contributed by atoms with Crippen LogP contribution in [0.4, 0.5) is 10.1 Å². The molecule has 2 aromatic carbocycles. The monoisotopic (exact) mass is 420 g/mol. The van der Waals surface area contributed by atoms with Gasteiger partial charge < -0.3 is 14.5 Å². The smallest absolute Gasteiger partial charge is 0.336 e. The van der Waals surface area contributed by atoms with Gasteiger partial charge in [0.1, 0.15) is 5.82 Å². The number of ether oxygens (including phenoxy) is 1. The number of furan rings is 1. The maximum atomic E-state index is 13.8. The molecule has 2 heterocycles. The van der Waals surface area contributed by atoms with Gasteiger partial charge in [-0.2, -0.15) is 4.98 Å². The van der Waals surface area contributed by atoms with Gasteiger partial charge in [0.05, 0.1) is 18.6 Å². The minimum atomic E-state index is -0.368. The van der Waals surface area contributed by atoms with E-state index in [2.05, 4.69) is 15.4 Å². The first-order chi connectivity index (χ1) is 15.0. The molecule has 4 rings (SSSR count). The molecule has 0 radical (unpaired) electrons. The summed E-state index contributed by atoms with van der Waals surface area (Å²) in [6.07, 6.45) is 1.44. The van der Waals surface area contributed by atoms with Crippen LogP contribution >= 0.6 is 0 Å². The summed E-state index contributed by atoms with van der Waals surface area (Å²) in [5, 5.41) is 7.21. The largest absolute Gasteiger partial charge is 0.462 e. The molecule has 8 heteroatoms. The van der Waals surface area contributed by atoms with E-state index in [9.17, 15) is 9.18 Å². The number of nitrogens with one attached hydrogen (secondary N) is 1. The summed E-state index contributed by atoms with van der Waals surface area (Å²) in [6.45, 7) is 4.52. The Labute approximate surface area is 178 Å². The van der Waals surface area contributed by atoms with Crippen LogP contribution in [0.5, 0.6) is 6.01 Å². The second kappa shape index (κ2) is 8.83. The van der Waals surface area contributed by atoms with Crippen LogP contribution in [0, 0.1) is 11.7 Å². The molecule has 0 aliphatic rings. The van der Waals surface area contributed by atoms with Gasteiger partial charge >= 0.3 is 6.01 Å². The SMILES string of the molecule is CC(C)COc1nc(-c2cccc(F)c2)n(-c2ccc(NC(=O)c3ccco3)cc2)n1. The van der Waals surface area contributed by atoms with Gasteiger partial charge in [-0.25, -0.2) is 9.07 Å². The molecular weight excluding hydrogens is 399 g/mol. The number of carbonyl (C=O) groups is 1. The van der Waals surface area contributed by atoms with Crippen molar-refractivity contribution >= 4 is 11.6 Å². The molecule has 0 bridgehead atoms. The summed E-state index contributed by atoms with van der Waals surface area (Å²) in [5.74, 6) is 0.268. The van der Waals surface area contributed by atoms with Crippen molar-refractivity contribution < 1.29 is 18.3 Å². The molecule has 0 fully saturated rings. The fourth-order valence-electron chi connectivity index (χ4n) is 2.88. The lowest BCUT2D eigenvalue weighted by Crippen LogP contribution is -2.10. The van der Waals surface area contributed by atoms with Crippen LogP contribution in [-0.2, 0) is 0 Å². The number of nitrogens with zero attached hydrogens (tertiary/aromatic N) is 3. The number of hydrogen-bond donors (Lipinski definition) is 1. The van der Waals surface area contributed by atoms with Crippen LogP contribution in [0.25, 0.3) is 17.1 Å². The maximum absolute atomic E-state index is 13.8. The van der Waals surface area contributed by atoms with Crippen LogP contribution in [0.15, 0.2) is 71.3 Å².